The van der Waals surface area contributed by atoms with E-state index in [4.69, 9.17) is 0 Å². The number of carbonyl (C=O) groups excluding carboxylic acids is 1. The second kappa shape index (κ2) is 9.69. The van der Waals surface area contributed by atoms with Crippen molar-refractivity contribution >= 4 is 17.5 Å². The van der Waals surface area contributed by atoms with Crippen LogP contribution in [-0.4, -0.2) is 37.4 Å². The molecular formula is C23H20F3N7O. The molecule has 1 aromatic carbocycles. The number of nitrogens with zero attached hydrogens (tertiary/aromatic N) is 4. The molecule has 0 bridgehead atoms. The minimum absolute atomic E-state index is 0.161. The number of nitrogens with one attached hydrogen (secondary N) is 3. The van der Waals surface area contributed by atoms with E-state index in [1.807, 2.05) is 13.0 Å². The van der Waals surface area contributed by atoms with Crippen LogP contribution < -0.4 is 10.6 Å². The van der Waals surface area contributed by atoms with E-state index in [0.29, 0.717) is 18.7 Å². The van der Waals surface area contributed by atoms with Crippen LogP contribution in [0, 0.1) is 6.92 Å². The van der Waals surface area contributed by atoms with Gasteiger partial charge >= 0.3 is 6.18 Å². The zero-order chi connectivity index (χ0) is 24.1. The van der Waals surface area contributed by atoms with Gasteiger partial charge in [0.15, 0.2) is 0 Å². The fourth-order valence-electron chi connectivity index (χ4n) is 3.25. The van der Waals surface area contributed by atoms with Gasteiger partial charge in [-0.05, 0) is 42.3 Å². The van der Waals surface area contributed by atoms with Crippen molar-refractivity contribution in [1.29, 1.82) is 0 Å². The SMILES string of the molecule is Cc1cc(Nc2nccc(C(F)(F)F)n2)cc(-c2ccc(C(=O)NCCc3cnc[nH]3)nc2)c1. The van der Waals surface area contributed by atoms with Gasteiger partial charge in [-0.1, -0.05) is 12.1 Å². The second-order valence-corrected chi connectivity index (χ2v) is 7.49. The fourth-order valence-corrected chi connectivity index (χ4v) is 3.25. The molecular weight excluding hydrogens is 447 g/mol. The van der Waals surface area contributed by atoms with Crippen molar-refractivity contribution < 1.29 is 18.0 Å². The molecule has 0 radical (unpaired) electrons. The molecule has 4 rings (SSSR count). The number of halogens is 3. The summed E-state index contributed by atoms with van der Waals surface area (Å²) in [6.07, 6.45) is 1.97. The molecule has 0 aliphatic heterocycles. The van der Waals surface area contributed by atoms with E-state index in [1.54, 1.807) is 43.0 Å². The van der Waals surface area contributed by atoms with Crippen LogP contribution in [0.4, 0.5) is 24.8 Å². The number of aryl methyl sites for hydroxylation is 1. The monoisotopic (exact) mass is 467 g/mol. The number of aromatic amines is 1. The normalized spacial score (nSPS) is 11.3. The van der Waals surface area contributed by atoms with Gasteiger partial charge < -0.3 is 15.6 Å². The van der Waals surface area contributed by atoms with Crippen LogP contribution >= 0.6 is 0 Å². The molecule has 0 aliphatic carbocycles. The number of alkyl halides is 3. The number of anilines is 2. The lowest BCUT2D eigenvalue weighted by Gasteiger charge is -2.11. The molecule has 3 N–H and O–H groups in total. The van der Waals surface area contributed by atoms with Gasteiger partial charge in [-0.15, -0.1) is 0 Å². The number of amides is 1. The number of benzene rings is 1. The average Bonchev–Trinajstić information content (AvgIpc) is 3.32. The van der Waals surface area contributed by atoms with Crippen molar-refractivity contribution in [2.45, 2.75) is 19.5 Å². The third kappa shape index (κ3) is 5.74. The molecule has 0 spiro atoms. The zero-order valence-electron chi connectivity index (χ0n) is 18.0. The molecule has 0 fully saturated rings. The highest BCUT2D eigenvalue weighted by Gasteiger charge is 2.32. The first-order chi connectivity index (χ1) is 16.3. The van der Waals surface area contributed by atoms with Gasteiger partial charge in [0.1, 0.15) is 11.4 Å². The predicted octanol–water partition coefficient (Wildman–Crippen LogP) is 4.31. The lowest BCUT2D eigenvalue weighted by molar-refractivity contribution is -0.141. The first kappa shape index (κ1) is 22.9. The minimum Gasteiger partial charge on any atom is -0.350 e. The van der Waals surface area contributed by atoms with Gasteiger partial charge in [0.2, 0.25) is 5.95 Å². The van der Waals surface area contributed by atoms with Crippen molar-refractivity contribution in [2.24, 2.45) is 0 Å². The van der Waals surface area contributed by atoms with Crippen LogP contribution in [0.1, 0.15) is 27.4 Å². The summed E-state index contributed by atoms with van der Waals surface area (Å²) in [5.41, 5.74) is 3.07. The number of imidazole rings is 1. The number of H-pyrrole nitrogens is 1. The third-order valence-corrected chi connectivity index (χ3v) is 4.84. The number of aromatic nitrogens is 5. The first-order valence-corrected chi connectivity index (χ1v) is 10.3. The van der Waals surface area contributed by atoms with Gasteiger partial charge in [-0.3, -0.25) is 9.78 Å². The summed E-state index contributed by atoms with van der Waals surface area (Å²) in [7, 11) is 0. The summed E-state index contributed by atoms with van der Waals surface area (Å²) in [6.45, 7) is 2.30. The van der Waals surface area contributed by atoms with Gasteiger partial charge in [0.25, 0.3) is 5.91 Å². The molecule has 11 heteroatoms. The van der Waals surface area contributed by atoms with Crippen molar-refractivity contribution in [3.05, 3.63) is 84.0 Å². The van der Waals surface area contributed by atoms with Gasteiger partial charge in [-0.2, -0.15) is 13.2 Å². The lowest BCUT2D eigenvalue weighted by atomic mass is 10.0. The van der Waals surface area contributed by atoms with E-state index in [9.17, 15) is 18.0 Å². The average molecular weight is 467 g/mol. The maximum absolute atomic E-state index is 12.9. The van der Waals surface area contributed by atoms with Crippen molar-refractivity contribution in [1.82, 2.24) is 30.2 Å². The Hall–Kier alpha value is -4.28. The summed E-state index contributed by atoms with van der Waals surface area (Å²) in [5.74, 6) is -0.453. The maximum Gasteiger partial charge on any atom is 0.433 e. The molecule has 3 aromatic heterocycles. The summed E-state index contributed by atoms with van der Waals surface area (Å²) in [6, 6.07) is 9.61. The molecule has 34 heavy (non-hydrogen) atoms. The molecule has 3 heterocycles. The fraction of sp³-hybridized carbons (Fsp3) is 0.174. The molecule has 174 valence electrons. The Bertz CT molecular complexity index is 1270. The predicted molar refractivity (Wildman–Crippen MR) is 119 cm³/mol. The summed E-state index contributed by atoms with van der Waals surface area (Å²) < 4.78 is 38.8. The van der Waals surface area contributed by atoms with Crippen molar-refractivity contribution in [3.8, 4) is 11.1 Å². The van der Waals surface area contributed by atoms with E-state index in [-0.39, 0.29) is 17.5 Å². The standard InChI is InChI=1S/C23H20F3N7O/c1-14-8-16(10-18(9-14)32-22-29-7-5-20(33-22)23(24,25)26)15-2-3-19(30-11-15)21(34)28-6-4-17-12-27-13-31-17/h2-3,5,7-13H,4,6H2,1H3,(H,27,31)(H,28,34)(H,29,32,33). The molecule has 1 amide bonds. The molecule has 8 nitrogen and oxygen atoms in total. The van der Waals surface area contributed by atoms with Crippen LogP contribution in [0.5, 0.6) is 0 Å². The van der Waals surface area contributed by atoms with Crippen LogP contribution in [0.25, 0.3) is 11.1 Å². The largest absolute Gasteiger partial charge is 0.433 e. The number of carbonyl (C=O) groups is 1. The van der Waals surface area contributed by atoms with E-state index < -0.39 is 11.9 Å². The Morgan fingerprint density at radius 1 is 1.06 bits per heavy atom. The summed E-state index contributed by atoms with van der Waals surface area (Å²) >= 11 is 0. The smallest absolute Gasteiger partial charge is 0.350 e. The Kier molecular flexibility index (Phi) is 6.53. The quantitative estimate of drug-likeness (QED) is 0.374. The number of hydrogen-bond donors (Lipinski definition) is 3. The highest BCUT2D eigenvalue weighted by molar-refractivity contribution is 5.92. The van der Waals surface area contributed by atoms with Crippen LogP contribution in [0.15, 0.2) is 61.3 Å². The number of rotatable bonds is 7. The highest BCUT2D eigenvalue weighted by atomic mass is 19.4. The molecule has 4 aromatic rings. The van der Waals surface area contributed by atoms with E-state index in [1.165, 1.54) is 0 Å². The maximum atomic E-state index is 12.9. The van der Waals surface area contributed by atoms with E-state index >= 15 is 0 Å². The van der Waals surface area contributed by atoms with E-state index in [2.05, 4.69) is 35.6 Å². The Morgan fingerprint density at radius 3 is 2.62 bits per heavy atom. The zero-order valence-corrected chi connectivity index (χ0v) is 18.0. The van der Waals surface area contributed by atoms with Crippen molar-refractivity contribution in [3.63, 3.8) is 0 Å². The Morgan fingerprint density at radius 2 is 1.91 bits per heavy atom. The summed E-state index contributed by atoms with van der Waals surface area (Å²) in [5, 5.41) is 5.62. The van der Waals surface area contributed by atoms with E-state index in [0.717, 1.165) is 34.6 Å². The lowest BCUT2D eigenvalue weighted by Crippen LogP contribution is -2.26. The van der Waals surface area contributed by atoms with Crippen LogP contribution in [0.2, 0.25) is 0 Å². The molecule has 0 atom stereocenters. The van der Waals surface area contributed by atoms with Crippen LogP contribution in [0.3, 0.4) is 0 Å². The van der Waals surface area contributed by atoms with Crippen molar-refractivity contribution in [2.75, 3.05) is 11.9 Å². The molecule has 0 saturated heterocycles. The first-order valence-electron chi connectivity index (χ1n) is 10.3. The van der Waals surface area contributed by atoms with Crippen LogP contribution in [-0.2, 0) is 12.6 Å². The highest BCUT2D eigenvalue weighted by Crippen LogP contribution is 2.29. The van der Waals surface area contributed by atoms with Gasteiger partial charge in [-0.25, -0.2) is 15.0 Å². The second-order valence-electron chi connectivity index (χ2n) is 7.49. The molecule has 0 saturated carbocycles. The molecule has 0 aliphatic rings. The number of pyridine rings is 1. The topological polar surface area (TPSA) is 108 Å². The Balaban J connectivity index is 1.45. The minimum atomic E-state index is -4.56. The Labute approximate surface area is 192 Å². The third-order valence-electron chi connectivity index (χ3n) is 4.84. The number of hydrogen-bond acceptors (Lipinski definition) is 6. The van der Waals surface area contributed by atoms with Gasteiger partial charge in [0.05, 0.1) is 6.33 Å². The van der Waals surface area contributed by atoms with Gasteiger partial charge in [0, 0.05) is 48.5 Å². The summed E-state index contributed by atoms with van der Waals surface area (Å²) in [4.78, 5) is 30.9. The molecule has 0 unspecified atom stereocenters.